The van der Waals surface area contributed by atoms with Gasteiger partial charge in [0.1, 0.15) is 13.2 Å². The number of carbonyl (C=O) groups is 3. The number of carbonyl (C=O) groups excluding carboxylic acids is 3. The number of nitro benzene ring substituents is 1. The van der Waals surface area contributed by atoms with Gasteiger partial charge in [-0.25, -0.2) is 0 Å². The predicted octanol–water partition coefficient (Wildman–Crippen LogP) is 6.77. The van der Waals surface area contributed by atoms with Crippen molar-refractivity contribution in [2.45, 2.75) is 13.5 Å². The molecule has 3 aromatic carbocycles. The van der Waals surface area contributed by atoms with Crippen LogP contribution < -0.4 is 14.8 Å². The smallest absolute Gasteiger partial charge is 0.294 e. The maximum atomic E-state index is 13.0. The van der Waals surface area contributed by atoms with Crippen molar-refractivity contribution in [1.29, 1.82) is 0 Å². The average molecular weight is 691 g/mol. The number of benzene rings is 3. The minimum absolute atomic E-state index is 0.0149. The predicted molar refractivity (Wildman–Crippen MR) is 158 cm³/mol. The number of nitrogens with zero attached hydrogens (tertiary/aromatic N) is 2. The molecular formula is C27H21Br2N3O7S. The van der Waals surface area contributed by atoms with Gasteiger partial charge in [0.25, 0.3) is 16.8 Å². The Morgan fingerprint density at radius 3 is 2.42 bits per heavy atom. The number of thioether (sulfide) groups is 1. The van der Waals surface area contributed by atoms with Crippen molar-refractivity contribution >= 4 is 78.1 Å². The summed E-state index contributed by atoms with van der Waals surface area (Å²) < 4.78 is 13.1. The summed E-state index contributed by atoms with van der Waals surface area (Å²) in [6, 6.07) is 16.3. The molecule has 3 aromatic rings. The zero-order valence-corrected chi connectivity index (χ0v) is 24.9. The topological polar surface area (TPSA) is 128 Å². The highest BCUT2D eigenvalue weighted by Gasteiger charge is 2.36. The van der Waals surface area contributed by atoms with E-state index in [-0.39, 0.29) is 17.2 Å². The van der Waals surface area contributed by atoms with Crippen molar-refractivity contribution in [2.24, 2.45) is 0 Å². The summed E-state index contributed by atoms with van der Waals surface area (Å²) >= 11 is 7.55. The van der Waals surface area contributed by atoms with E-state index in [4.69, 9.17) is 9.47 Å². The van der Waals surface area contributed by atoms with E-state index in [2.05, 4.69) is 37.2 Å². The minimum atomic E-state index is -0.575. The molecule has 0 aliphatic carbocycles. The van der Waals surface area contributed by atoms with Crippen LogP contribution in [0.4, 0.5) is 16.2 Å². The number of ether oxygens (including phenoxy) is 2. The van der Waals surface area contributed by atoms with Gasteiger partial charge < -0.3 is 14.8 Å². The Morgan fingerprint density at radius 1 is 1.07 bits per heavy atom. The third-order valence-corrected chi connectivity index (χ3v) is 7.49. The van der Waals surface area contributed by atoms with Crippen LogP contribution in [0.25, 0.3) is 6.08 Å². The lowest BCUT2D eigenvalue weighted by atomic mass is 10.1. The minimum Gasteiger partial charge on any atom is -0.490 e. The number of nitro groups is 1. The van der Waals surface area contributed by atoms with Crippen LogP contribution in [0.3, 0.4) is 0 Å². The summed E-state index contributed by atoms with van der Waals surface area (Å²) in [5.74, 6) is -0.261. The quantitative estimate of drug-likeness (QED) is 0.140. The van der Waals surface area contributed by atoms with Gasteiger partial charge in [-0.3, -0.25) is 29.4 Å². The second-order valence-electron chi connectivity index (χ2n) is 8.30. The van der Waals surface area contributed by atoms with Gasteiger partial charge in [0.15, 0.2) is 11.5 Å². The number of halogens is 2. The van der Waals surface area contributed by atoms with Crippen molar-refractivity contribution in [2.75, 3.05) is 18.5 Å². The summed E-state index contributed by atoms with van der Waals surface area (Å²) in [7, 11) is 0. The molecule has 0 bridgehead atoms. The maximum Gasteiger partial charge on any atom is 0.294 e. The van der Waals surface area contributed by atoms with Crippen LogP contribution in [0.2, 0.25) is 0 Å². The average Bonchev–Trinajstić information content (AvgIpc) is 3.17. The largest absolute Gasteiger partial charge is 0.490 e. The molecular weight excluding hydrogens is 670 g/mol. The van der Waals surface area contributed by atoms with Crippen LogP contribution in [-0.4, -0.2) is 40.0 Å². The van der Waals surface area contributed by atoms with E-state index in [1.807, 2.05) is 6.92 Å². The molecule has 0 atom stereocenters. The van der Waals surface area contributed by atoms with Gasteiger partial charge in [-0.2, -0.15) is 0 Å². The van der Waals surface area contributed by atoms with Crippen molar-refractivity contribution in [3.8, 4) is 11.5 Å². The van der Waals surface area contributed by atoms with E-state index in [0.29, 0.717) is 33.8 Å². The standard InChI is InChI=1S/C27H21Br2N3O7S/c1-2-38-22-12-17(11-21(29)25(22)39-15-16-3-9-20(10-4-16)32(36)37)13-23-26(34)31(27(35)40-23)14-24(33)30-19-7-5-18(28)6-8-19/h3-13H,2,14-15H2,1H3,(H,30,33)/b23-13+. The second kappa shape index (κ2) is 13.1. The Kier molecular flexibility index (Phi) is 9.61. The molecule has 3 amide bonds. The first-order valence-electron chi connectivity index (χ1n) is 11.8. The Labute approximate surface area is 250 Å². The Bertz CT molecular complexity index is 1500. The van der Waals surface area contributed by atoms with E-state index in [9.17, 15) is 24.5 Å². The van der Waals surface area contributed by atoms with Crippen LogP contribution in [0.15, 0.2) is 74.5 Å². The first kappa shape index (κ1) is 29.3. The number of hydrogen-bond donors (Lipinski definition) is 1. The van der Waals surface area contributed by atoms with Gasteiger partial charge >= 0.3 is 0 Å². The number of anilines is 1. The van der Waals surface area contributed by atoms with E-state index >= 15 is 0 Å². The first-order valence-corrected chi connectivity index (χ1v) is 14.2. The van der Waals surface area contributed by atoms with Crippen molar-refractivity contribution in [1.82, 2.24) is 4.90 Å². The highest BCUT2D eigenvalue weighted by Crippen LogP contribution is 2.40. The Morgan fingerprint density at radius 2 is 1.77 bits per heavy atom. The fourth-order valence-corrected chi connectivity index (χ4v) is 5.29. The normalized spacial score (nSPS) is 14.0. The number of rotatable bonds is 10. The van der Waals surface area contributed by atoms with E-state index in [1.165, 1.54) is 12.1 Å². The second-order valence-corrected chi connectivity index (χ2v) is 11.1. The van der Waals surface area contributed by atoms with Gasteiger partial charge in [0, 0.05) is 22.3 Å². The third kappa shape index (κ3) is 7.29. The van der Waals surface area contributed by atoms with Crippen molar-refractivity contribution in [3.63, 3.8) is 0 Å². The zero-order valence-electron chi connectivity index (χ0n) is 20.9. The van der Waals surface area contributed by atoms with Crippen LogP contribution >= 0.6 is 43.6 Å². The third-order valence-electron chi connectivity index (χ3n) is 5.46. The monoisotopic (exact) mass is 689 g/mol. The van der Waals surface area contributed by atoms with Gasteiger partial charge in [-0.1, -0.05) is 15.9 Å². The van der Waals surface area contributed by atoms with E-state index in [0.717, 1.165) is 26.7 Å². The molecule has 13 heteroatoms. The number of non-ortho nitro benzene ring substituents is 1. The maximum absolute atomic E-state index is 13.0. The fourth-order valence-electron chi connectivity index (χ4n) is 3.61. The van der Waals surface area contributed by atoms with E-state index in [1.54, 1.807) is 54.6 Å². The highest BCUT2D eigenvalue weighted by atomic mass is 79.9. The summed E-state index contributed by atoms with van der Waals surface area (Å²) in [4.78, 5) is 49.4. The molecule has 1 saturated heterocycles. The van der Waals surface area contributed by atoms with Gasteiger partial charge in [-0.05, 0) is 100 Å². The molecule has 10 nitrogen and oxygen atoms in total. The lowest BCUT2D eigenvalue weighted by Crippen LogP contribution is -2.36. The number of nitrogens with one attached hydrogen (secondary N) is 1. The molecule has 0 saturated carbocycles. The lowest BCUT2D eigenvalue weighted by molar-refractivity contribution is -0.384. The summed E-state index contributed by atoms with van der Waals surface area (Å²) in [5, 5.41) is 13.0. The van der Waals surface area contributed by atoms with Crippen LogP contribution in [0, 0.1) is 10.1 Å². The molecule has 0 spiro atoms. The molecule has 1 heterocycles. The molecule has 40 heavy (non-hydrogen) atoms. The van der Waals surface area contributed by atoms with Crippen LogP contribution in [0.5, 0.6) is 11.5 Å². The van der Waals surface area contributed by atoms with Gasteiger partial charge in [0.05, 0.1) is 20.9 Å². The van der Waals surface area contributed by atoms with Crippen molar-refractivity contribution in [3.05, 3.63) is 95.8 Å². The summed E-state index contributed by atoms with van der Waals surface area (Å²) in [6.45, 7) is 1.87. The lowest BCUT2D eigenvalue weighted by Gasteiger charge is -2.15. The molecule has 0 radical (unpaired) electrons. The molecule has 1 aliphatic rings. The van der Waals surface area contributed by atoms with Crippen LogP contribution in [0.1, 0.15) is 18.1 Å². The molecule has 206 valence electrons. The molecule has 0 aromatic heterocycles. The molecule has 4 rings (SSSR count). The Balaban J connectivity index is 1.47. The Hall–Kier alpha value is -3.68. The number of hydrogen-bond acceptors (Lipinski definition) is 8. The van der Waals surface area contributed by atoms with Crippen molar-refractivity contribution < 1.29 is 28.8 Å². The highest BCUT2D eigenvalue weighted by molar-refractivity contribution is 9.10. The molecule has 1 aliphatic heterocycles. The van der Waals surface area contributed by atoms with Crippen LogP contribution in [-0.2, 0) is 16.2 Å². The SMILES string of the molecule is CCOc1cc(/C=C2/SC(=O)N(CC(=O)Nc3ccc(Br)cc3)C2=O)cc(Br)c1OCc1ccc([N+](=O)[O-])cc1. The van der Waals surface area contributed by atoms with E-state index < -0.39 is 28.5 Å². The number of amides is 3. The molecule has 1 fully saturated rings. The molecule has 1 N–H and O–H groups in total. The zero-order chi connectivity index (χ0) is 28.8. The number of imide groups is 1. The van der Waals surface area contributed by atoms with Gasteiger partial charge in [-0.15, -0.1) is 0 Å². The van der Waals surface area contributed by atoms with Gasteiger partial charge in [0.2, 0.25) is 5.91 Å². The molecule has 0 unspecified atom stereocenters. The summed E-state index contributed by atoms with van der Waals surface area (Å²) in [6.07, 6.45) is 1.55. The first-order chi connectivity index (χ1) is 19.1. The fraction of sp³-hybridized carbons (Fsp3) is 0.148. The summed E-state index contributed by atoms with van der Waals surface area (Å²) in [5.41, 5.74) is 1.82.